The summed E-state index contributed by atoms with van der Waals surface area (Å²) in [5.41, 5.74) is 1.96. The van der Waals surface area contributed by atoms with Gasteiger partial charge < -0.3 is 9.64 Å². The number of carbonyl (C=O) groups is 1. The third kappa shape index (κ3) is 5.93. The van der Waals surface area contributed by atoms with E-state index in [1.165, 1.54) is 31.2 Å². The number of methoxy groups -OCH3 is 1. The third-order valence-electron chi connectivity index (χ3n) is 4.89. The Morgan fingerprint density at radius 2 is 1.72 bits per heavy atom. The average molecular weight is 457 g/mol. The minimum absolute atomic E-state index is 0.0369. The number of nitrogens with one attached hydrogen (secondary N) is 1. The molecule has 0 bridgehead atoms. The van der Waals surface area contributed by atoms with E-state index in [1.54, 1.807) is 24.1 Å². The summed E-state index contributed by atoms with van der Waals surface area (Å²) in [5, 5.41) is 0. The van der Waals surface area contributed by atoms with Crippen LogP contribution in [0.15, 0.2) is 77.7 Å². The van der Waals surface area contributed by atoms with Crippen LogP contribution in [0.3, 0.4) is 0 Å². The summed E-state index contributed by atoms with van der Waals surface area (Å²) in [5.74, 6) is -0.658. The molecular weight excluding hydrogens is 431 g/mol. The SMILES string of the molecule is COCCN(Cc1ccccc1)C(=O)c1ccc(NS(=O)(=O)c2ccc(F)c(C)c2)cc1. The molecule has 3 aromatic carbocycles. The van der Waals surface area contributed by atoms with Gasteiger partial charge in [0.15, 0.2) is 0 Å². The van der Waals surface area contributed by atoms with Gasteiger partial charge in [0.2, 0.25) is 0 Å². The van der Waals surface area contributed by atoms with Gasteiger partial charge in [0, 0.05) is 31.5 Å². The molecule has 0 heterocycles. The number of anilines is 1. The molecule has 0 aliphatic heterocycles. The number of hydrogen-bond acceptors (Lipinski definition) is 4. The molecule has 0 atom stereocenters. The average Bonchev–Trinajstić information content (AvgIpc) is 2.79. The molecule has 0 aromatic heterocycles. The zero-order valence-electron chi connectivity index (χ0n) is 17.9. The van der Waals surface area contributed by atoms with Crippen molar-refractivity contribution in [1.29, 1.82) is 0 Å². The number of halogens is 1. The van der Waals surface area contributed by atoms with Crippen LogP contribution in [0.5, 0.6) is 0 Å². The monoisotopic (exact) mass is 456 g/mol. The van der Waals surface area contributed by atoms with Crippen molar-refractivity contribution >= 4 is 21.6 Å². The molecular formula is C24H25FN2O4S. The van der Waals surface area contributed by atoms with Gasteiger partial charge in [-0.1, -0.05) is 30.3 Å². The summed E-state index contributed by atoms with van der Waals surface area (Å²) in [7, 11) is -2.31. The molecule has 6 nitrogen and oxygen atoms in total. The van der Waals surface area contributed by atoms with Crippen LogP contribution in [0.4, 0.5) is 10.1 Å². The molecule has 0 spiro atoms. The Balaban J connectivity index is 1.75. The number of benzene rings is 3. The predicted octanol–water partition coefficient (Wildman–Crippen LogP) is 4.22. The molecule has 8 heteroatoms. The Hall–Kier alpha value is -3.23. The smallest absolute Gasteiger partial charge is 0.261 e. The molecule has 0 radical (unpaired) electrons. The van der Waals surface area contributed by atoms with Crippen LogP contribution in [0.25, 0.3) is 0 Å². The maximum atomic E-state index is 13.5. The molecule has 0 aliphatic rings. The van der Waals surface area contributed by atoms with Crippen molar-refractivity contribution in [3.05, 3.63) is 95.3 Å². The number of ether oxygens (including phenoxy) is 1. The van der Waals surface area contributed by atoms with Crippen LogP contribution in [0.2, 0.25) is 0 Å². The van der Waals surface area contributed by atoms with Gasteiger partial charge in [0.05, 0.1) is 11.5 Å². The second-order valence-electron chi connectivity index (χ2n) is 7.30. The summed E-state index contributed by atoms with van der Waals surface area (Å²) >= 11 is 0. The van der Waals surface area contributed by atoms with E-state index < -0.39 is 15.8 Å². The van der Waals surface area contributed by atoms with Crippen molar-refractivity contribution in [2.75, 3.05) is 25.0 Å². The molecule has 0 aliphatic carbocycles. The molecule has 0 saturated heterocycles. The summed E-state index contributed by atoms with van der Waals surface area (Å²) < 4.78 is 46.2. The maximum Gasteiger partial charge on any atom is 0.261 e. The Bertz CT molecular complexity index is 1170. The van der Waals surface area contributed by atoms with Gasteiger partial charge in [-0.2, -0.15) is 0 Å². The lowest BCUT2D eigenvalue weighted by atomic mass is 10.1. The lowest BCUT2D eigenvalue weighted by molar-refractivity contribution is 0.0680. The quantitative estimate of drug-likeness (QED) is 0.523. The van der Waals surface area contributed by atoms with E-state index >= 15 is 0 Å². The molecule has 1 N–H and O–H groups in total. The fourth-order valence-corrected chi connectivity index (χ4v) is 4.26. The van der Waals surface area contributed by atoms with Crippen LogP contribution >= 0.6 is 0 Å². The normalized spacial score (nSPS) is 11.2. The van der Waals surface area contributed by atoms with E-state index in [4.69, 9.17) is 4.74 Å². The van der Waals surface area contributed by atoms with E-state index in [0.29, 0.717) is 30.9 Å². The molecule has 3 rings (SSSR count). The fourth-order valence-electron chi connectivity index (χ4n) is 3.12. The summed E-state index contributed by atoms with van der Waals surface area (Å²) in [6, 6.07) is 19.4. The standard InChI is InChI=1S/C24H25FN2O4S/c1-18-16-22(12-13-23(18)25)32(29,30)26-21-10-8-20(9-11-21)24(28)27(14-15-31-2)17-19-6-4-3-5-7-19/h3-13,16,26H,14-15,17H2,1-2H3. The van der Waals surface area contributed by atoms with Gasteiger partial charge >= 0.3 is 0 Å². The van der Waals surface area contributed by atoms with Crippen LogP contribution in [-0.4, -0.2) is 39.5 Å². The fraction of sp³-hybridized carbons (Fsp3) is 0.208. The number of carbonyl (C=O) groups excluding carboxylic acids is 1. The third-order valence-corrected chi connectivity index (χ3v) is 6.27. The topological polar surface area (TPSA) is 75.7 Å². The Kier molecular flexibility index (Phi) is 7.61. The van der Waals surface area contributed by atoms with Gasteiger partial charge in [-0.05, 0) is 60.5 Å². The first-order chi connectivity index (χ1) is 15.3. The number of hydrogen-bond donors (Lipinski definition) is 1. The first-order valence-corrected chi connectivity index (χ1v) is 11.5. The highest BCUT2D eigenvalue weighted by molar-refractivity contribution is 7.92. The van der Waals surface area contributed by atoms with E-state index in [-0.39, 0.29) is 16.4 Å². The van der Waals surface area contributed by atoms with Crippen molar-refractivity contribution < 1.29 is 22.3 Å². The summed E-state index contributed by atoms with van der Waals surface area (Å²) in [6.45, 7) is 2.75. The number of nitrogens with zero attached hydrogens (tertiary/aromatic N) is 1. The molecule has 3 aromatic rings. The zero-order valence-corrected chi connectivity index (χ0v) is 18.7. The van der Waals surface area contributed by atoms with Crippen molar-refractivity contribution in [2.24, 2.45) is 0 Å². The van der Waals surface area contributed by atoms with Gasteiger partial charge in [0.1, 0.15) is 5.82 Å². The number of sulfonamides is 1. The highest BCUT2D eigenvalue weighted by atomic mass is 32.2. The van der Waals surface area contributed by atoms with Crippen molar-refractivity contribution in [2.45, 2.75) is 18.4 Å². The largest absolute Gasteiger partial charge is 0.383 e. The molecule has 0 fully saturated rings. The number of rotatable bonds is 9. The molecule has 0 saturated carbocycles. The lowest BCUT2D eigenvalue weighted by Crippen LogP contribution is -2.33. The van der Waals surface area contributed by atoms with E-state index in [9.17, 15) is 17.6 Å². The Morgan fingerprint density at radius 3 is 2.34 bits per heavy atom. The Labute approximate surface area is 187 Å². The lowest BCUT2D eigenvalue weighted by Gasteiger charge is -2.23. The highest BCUT2D eigenvalue weighted by Gasteiger charge is 2.18. The van der Waals surface area contributed by atoms with Gasteiger partial charge in [-0.25, -0.2) is 12.8 Å². The molecule has 0 unspecified atom stereocenters. The van der Waals surface area contributed by atoms with Gasteiger partial charge in [-0.15, -0.1) is 0 Å². The molecule has 32 heavy (non-hydrogen) atoms. The van der Waals surface area contributed by atoms with E-state index in [0.717, 1.165) is 11.6 Å². The van der Waals surface area contributed by atoms with Crippen LogP contribution in [0.1, 0.15) is 21.5 Å². The van der Waals surface area contributed by atoms with Gasteiger partial charge in [0.25, 0.3) is 15.9 Å². The highest BCUT2D eigenvalue weighted by Crippen LogP contribution is 2.20. The first kappa shape index (κ1) is 23.4. The second kappa shape index (κ2) is 10.4. The minimum atomic E-state index is -3.88. The summed E-state index contributed by atoms with van der Waals surface area (Å²) in [4.78, 5) is 14.7. The van der Waals surface area contributed by atoms with Crippen LogP contribution < -0.4 is 4.72 Å². The van der Waals surface area contributed by atoms with Crippen molar-refractivity contribution in [3.63, 3.8) is 0 Å². The zero-order chi connectivity index (χ0) is 23.1. The van der Waals surface area contributed by atoms with Crippen LogP contribution in [0, 0.1) is 12.7 Å². The van der Waals surface area contributed by atoms with E-state index in [2.05, 4.69) is 4.72 Å². The van der Waals surface area contributed by atoms with Crippen molar-refractivity contribution in [3.8, 4) is 0 Å². The Morgan fingerprint density at radius 1 is 1.03 bits per heavy atom. The predicted molar refractivity (Wildman–Crippen MR) is 121 cm³/mol. The summed E-state index contributed by atoms with van der Waals surface area (Å²) in [6.07, 6.45) is 0. The van der Waals surface area contributed by atoms with Crippen LogP contribution in [-0.2, 0) is 21.3 Å². The van der Waals surface area contributed by atoms with Gasteiger partial charge in [-0.3, -0.25) is 9.52 Å². The number of amides is 1. The van der Waals surface area contributed by atoms with E-state index in [1.807, 2.05) is 30.3 Å². The minimum Gasteiger partial charge on any atom is -0.383 e. The molecule has 1 amide bonds. The number of aryl methyl sites for hydroxylation is 1. The maximum absolute atomic E-state index is 13.5. The second-order valence-corrected chi connectivity index (χ2v) is 8.98. The van der Waals surface area contributed by atoms with Crippen molar-refractivity contribution in [1.82, 2.24) is 4.90 Å². The molecule has 168 valence electrons. The first-order valence-electron chi connectivity index (χ1n) is 10.0.